The molecule has 190 valence electrons. The van der Waals surface area contributed by atoms with Gasteiger partial charge in [0.05, 0.1) is 28.0 Å². The average molecular weight is 490 g/mol. The van der Waals surface area contributed by atoms with Gasteiger partial charge in [0.25, 0.3) is 5.91 Å². The molecule has 3 aromatic rings. The summed E-state index contributed by atoms with van der Waals surface area (Å²) in [5, 5.41) is 7.16. The Kier molecular flexibility index (Phi) is 7.48. The van der Waals surface area contributed by atoms with E-state index < -0.39 is 11.6 Å². The number of hydrogen-bond donors (Lipinski definition) is 2. The van der Waals surface area contributed by atoms with Gasteiger partial charge in [0.15, 0.2) is 0 Å². The summed E-state index contributed by atoms with van der Waals surface area (Å²) < 4.78 is 7.01. The number of benzene rings is 2. The molecule has 1 aliphatic carbocycles. The van der Waals surface area contributed by atoms with Crippen LogP contribution in [0.4, 0.5) is 11.4 Å². The first-order chi connectivity index (χ1) is 17.1. The second-order valence-electron chi connectivity index (χ2n) is 10.6. The summed E-state index contributed by atoms with van der Waals surface area (Å²) in [7, 11) is 0. The molecule has 1 heterocycles. The molecule has 0 saturated heterocycles. The quantitative estimate of drug-likeness (QED) is 0.386. The highest BCUT2D eigenvalue weighted by atomic mass is 16.6. The molecule has 0 aliphatic heterocycles. The van der Waals surface area contributed by atoms with Crippen LogP contribution in [0.3, 0.4) is 0 Å². The van der Waals surface area contributed by atoms with Crippen LogP contribution in [0.1, 0.15) is 85.3 Å². The molecule has 0 bridgehead atoms. The zero-order valence-electron chi connectivity index (χ0n) is 21.5. The fraction of sp³-hybridized carbons (Fsp3) is 0.414. The van der Waals surface area contributed by atoms with Crippen molar-refractivity contribution in [3.63, 3.8) is 0 Å². The van der Waals surface area contributed by atoms with E-state index in [0.29, 0.717) is 33.6 Å². The first-order valence-corrected chi connectivity index (χ1v) is 12.7. The second kappa shape index (κ2) is 10.6. The van der Waals surface area contributed by atoms with Crippen LogP contribution in [-0.4, -0.2) is 34.5 Å². The van der Waals surface area contributed by atoms with E-state index in [0.717, 1.165) is 12.2 Å². The molecule has 1 amide bonds. The molecule has 2 N–H and O–H groups in total. The van der Waals surface area contributed by atoms with Gasteiger partial charge in [0.2, 0.25) is 5.91 Å². The molecular formula is C29H35N3O4. The van der Waals surface area contributed by atoms with E-state index in [2.05, 4.69) is 10.6 Å². The van der Waals surface area contributed by atoms with Crippen molar-refractivity contribution in [1.29, 1.82) is 0 Å². The molecule has 0 atom stereocenters. The molecule has 1 aliphatic rings. The number of amides is 1. The molecule has 36 heavy (non-hydrogen) atoms. The first-order valence-electron chi connectivity index (χ1n) is 12.7. The minimum absolute atomic E-state index is 0.174. The summed E-state index contributed by atoms with van der Waals surface area (Å²) in [6.45, 7) is 7.72. The zero-order chi connectivity index (χ0) is 25.9. The standard InChI is InChI=1S/C29H35N3O4/c1-19(33)32-18-23(22-12-8-9-13-26(22)32)27(34)31-25-16-21(28(35)36-29(2,3)4)14-15-24(25)30-17-20-10-6-5-7-11-20/h8-9,12-16,18,20,30H,5-7,10-11,17H2,1-4H3,(H,31,34). The van der Waals surface area contributed by atoms with Gasteiger partial charge in [-0.1, -0.05) is 37.5 Å². The van der Waals surface area contributed by atoms with Gasteiger partial charge in [0, 0.05) is 25.1 Å². The van der Waals surface area contributed by atoms with E-state index >= 15 is 0 Å². The lowest BCUT2D eigenvalue weighted by atomic mass is 9.89. The highest BCUT2D eigenvalue weighted by Crippen LogP contribution is 2.30. The predicted octanol–water partition coefficient (Wildman–Crippen LogP) is 6.50. The van der Waals surface area contributed by atoms with Gasteiger partial charge in [0.1, 0.15) is 5.60 Å². The minimum Gasteiger partial charge on any atom is -0.456 e. The maximum absolute atomic E-state index is 13.5. The highest BCUT2D eigenvalue weighted by Gasteiger charge is 2.22. The Hall–Kier alpha value is -3.61. The number of anilines is 2. The number of nitrogens with zero attached hydrogens (tertiary/aromatic N) is 1. The fourth-order valence-corrected chi connectivity index (χ4v) is 4.72. The number of carbonyl (C=O) groups is 3. The van der Waals surface area contributed by atoms with Gasteiger partial charge in [-0.05, 0) is 63.8 Å². The normalized spacial score (nSPS) is 14.4. The Bertz CT molecular complexity index is 1280. The highest BCUT2D eigenvalue weighted by molar-refractivity contribution is 6.15. The van der Waals surface area contributed by atoms with Gasteiger partial charge in [-0.15, -0.1) is 0 Å². The smallest absolute Gasteiger partial charge is 0.338 e. The van der Waals surface area contributed by atoms with Crippen molar-refractivity contribution in [2.45, 2.75) is 65.4 Å². The summed E-state index contributed by atoms with van der Waals surface area (Å²) in [6, 6.07) is 12.5. The van der Waals surface area contributed by atoms with Crippen LogP contribution in [0.2, 0.25) is 0 Å². The van der Waals surface area contributed by atoms with E-state index in [1.165, 1.54) is 43.6 Å². The number of rotatable bonds is 6. The van der Waals surface area contributed by atoms with Crippen LogP contribution in [0.15, 0.2) is 48.7 Å². The SMILES string of the molecule is CC(=O)n1cc(C(=O)Nc2cc(C(=O)OC(C)(C)C)ccc2NCC2CCCCC2)c2ccccc21. The molecule has 0 unspecified atom stereocenters. The molecule has 0 spiro atoms. The van der Waals surface area contributed by atoms with E-state index in [4.69, 9.17) is 4.74 Å². The second-order valence-corrected chi connectivity index (χ2v) is 10.6. The van der Waals surface area contributed by atoms with Crippen molar-refractivity contribution in [1.82, 2.24) is 4.57 Å². The summed E-state index contributed by atoms with van der Waals surface area (Å²) in [6.07, 6.45) is 7.72. The molecule has 7 heteroatoms. The lowest BCUT2D eigenvalue weighted by Gasteiger charge is -2.23. The number of hydrogen-bond acceptors (Lipinski definition) is 5. The Morgan fingerprint density at radius 1 is 1.00 bits per heavy atom. The maximum atomic E-state index is 13.5. The van der Waals surface area contributed by atoms with E-state index in [-0.39, 0.29) is 11.8 Å². The lowest BCUT2D eigenvalue weighted by Crippen LogP contribution is -2.24. The van der Waals surface area contributed by atoms with Crippen LogP contribution in [0.25, 0.3) is 10.9 Å². The third-order valence-electron chi connectivity index (χ3n) is 6.50. The molecule has 1 fully saturated rings. The predicted molar refractivity (Wildman–Crippen MR) is 143 cm³/mol. The molecule has 1 saturated carbocycles. The van der Waals surface area contributed by atoms with Crippen LogP contribution >= 0.6 is 0 Å². The van der Waals surface area contributed by atoms with Gasteiger partial charge < -0.3 is 15.4 Å². The topological polar surface area (TPSA) is 89.4 Å². The Morgan fingerprint density at radius 3 is 2.42 bits per heavy atom. The van der Waals surface area contributed by atoms with Crippen molar-refractivity contribution in [3.05, 3.63) is 59.8 Å². The largest absolute Gasteiger partial charge is 0.456 e. The number of para-hydroxylation sites is 1. The molecule has 2 aromatic carbocycles. The molecule has 7 nitrogen and oxygen atoms in total. The van der Waals surface area contributed by atoms with Crippen molar-refractivity contribution >= 4 is 40.1 Å². The first kappa shape index (κ1) is 25.5. The Balaban J connectivity index is 1.64. The maximum Gasteiger partial charge on any atom is 0.338 e. The Labute approximate surface area is 212 Å². The number of carbonyl (C=O) groups excluding carboxylic acids is 3. The van der Waals surface area contributed by atoms with E-state index in [1.54, 1.807) is 18.3 Å². The van der Waals surface area contributed by atoms with Crippen molar-refractivity contribution in [3.8, 4) is 0 Å². The average Bonchev–Trinajstić information content (AvgIpc) is 3.23. The van der Waals surface area contributed by atoms with Crippen molar-refractivity contribution in [2.24, 2.45) is 5.92 Å². The van der Waals surface area contributed by atoms with Gasteiger partial charge >= 0.3 is 5.97 Å². The summed E-state index contributed by atoms with van der Waals surface area (Å²) in [5.74, 6) is -0.397. The van der Waals surface area contributed by atoms with Gasteiger partial charge in [-0.2, -0.15) is 0 Å². The number of nitrogens with one attached hydrogen (secondary N) is 2. The summed E-state index contributed by atoms with van der Waals surface area (Å²) in [5.41, 5.74) is 2.03. The molecular weight excluding hydrogens is 454 g/mol. The van der Waals surface area contributed by atoms with Crippen LogP contribution in [0.5, 0.6) is 0 Å². The van der Waals surface area contributed by atoms with Crippen LogP contribution in [0, 0.1) is 5.92 Å². The van der Waals surface area contributed by atoms with Gasteiger partial charge in [-0.3, -0.25) is 14.2 Å². The molecule has 4 rings (SSSR count). The minimum atomic E-state index is -0.632. The monoisotopic (exact) mass is 489 g/mol. The van der Waals surface area contributed by atoms with E-state index in [1.807, 2.05) is 51.1 Å². The fourth-order valence-electron chi connectivity index (χ4n) is 4.72. The van der Waals surface area contributed by atoms with Crippen LogP contribution < -0.4 is 10.6 Å². The molecule has 0 radical (unpaired) electrons. The molecule has 1 aromatic heterocycles. The van der Waals surface area contributed by atoms with Gasteiger partial charge in [-0.25, -0.2) is 4.79 Å². The third-order valence-corrected chi connectivity index (χ3v) is 6.50. The Morgan fingerprint density at radius 2 is 1.72 bits per heavy atom. The number of aromatic nitrogens is 1. The number of ether oxygens (including phenoxy) is 1. The van der Waals surface area contributed by atoms with E-state index in [9.17, 15) is 14.4 Å². The third kappa shape index (κ3) is 5.96. The zero-order valence-corrected chi connectivity index (χ0v) is 21.5. The summed E-state index contributed by atoms with van der Waals surface area (Å²) >= 11 is 0. The lowest BCUT2D eigenvalue weighted by molar-refractivity contribution is 0.00693. The number of fused-ring (bicyclic) bond motifs is 1. The number of esters is 1. The van der Waals surface area contributed by atoms with Crippen molar-refractivity contribution < 1.29 is 19.1 Å². The van der Waals surface area contributed by atoms with Crippen molar-refractivity contribution in [2.75, 3.05) is 17.2 Å². The van der Waals surface area contributed by atoms with Crippen LogP contribution in [-0.2, 0) is 4.74 Å². The summed E-state index contributed by atoms with van der Waals surface area (Å²) in [4.78, 5) is 38.3.